The molecule has 0 saturated heterocycles. The van der Waals surface area contributed by atoms with Crippen LogP contribution in [0.4, 0.5) is 26.3 Å². The predicted octanol–water partition coefficient (Wildman–Crippen LogP) is 12.4. The van der Waals surface area contributed by atoms with E-state index in [9.17, 15) is 79.1 Å². The van der Waals surface area contributed by atoms with Gasteiger partial charge in [-0.2, -0.15) is 13.2 Å². The molecule has 10 amide bonds. The van der Waals surface area contributed by atoms with E-state index >= 15 is 0 Å². The van der Waals surface area contributed by atoms with E-state index in [-0.39, 0.29) is 126 Å². The van der Waals surface area contributed by atoms with Crippen molar-refractivity contribution in [2.75, 3.05) is 6.61 Å². The van der Waals surface area contributed by atoms with Gasteiger partial charge in [-0.1, -0.05) is 245 Å². The van der Waals surface area contributed by atoms with E-state index < -0.39 is 89.2 Å². The number of hydrogen-bond acceptors (Lipinski definition) is 22. The monoisotopic (exact) mass is 2080 g/mol. The molecule has 0 radical (unpaired) electrons. The van der Waals surface area contributed by atoms with Gasteiger partial charge in [0.25, 0.3) is 0 Å². The average Bonchev–Trinajstić information content (AvgIpc) is 0.834. The molecule has 147 heavy (non-hydrogen) atoms. The van der Waals surface area contributed by atoms with Crippen LogP contribution in [0.1, 0.15) is 333 Å². The summed E-state index contributed by atoms with van der Waals surface area (Å²) in [7, 11) is 0. The van der Waals surface area contributed by atoms with Crippen LogP contribution in [0.3, 0.4) is 0 Å². The van der Waals surface area contributed by atoms with Gasteiger partial charge in [0.1, 0.15) is 36.0 Å². The molecular weight excluding hydrogens is 1900 g/mol. The van der Waals surface area contributed by atoms with Crippen LogP contribution < -0.4 is 111 Å². The highest BCUT2D eigenvalue weighted by molar-refractivity contribution is 5.85. The molecule has 0 aliphatic heterocycles. The second kappa shape index (κ2) is 76.9. The number of ether oxygens (including phenoxy) is 1. The number of rotatable bonds is 48. The molecule has 5 aromatic carbocycles. The Morgan fingerprint density at radius 1 is 0.354 bits per heavy atom. The molecule has 2 saturated carbocycles. The van der Waals surface area contributed by atoms with Crippen LogP contribution in [-0.4, -0.2) is 179 Å². The summed E-state index contributed by atoms with van der Waals surface area (Å²) in [6, 6.07) is 30.8. The van der Waals surface area contributed by atoms with E-state index in [1.54, 1.807) is 12.1 Å². The zero-order valence-corrected chi connectivity index (χ0v) is 91.6. The van der Waals surface area contributed by atoms with E-state index in [4.69, 9.17) is 67.2 Å². The number of nitrogens with one attached hydrogen (secondary N) is 10. The molecule has 0 bridgehead atoms. The minimum Gasteiger partial charge on any atom is -0.481 e. The van der Waals surface area contributed by atoms with E-state index in [1.165, 1.54) is 87.3 Å². The van der Waals surface area contributed by atoms with Gasteiger partial charge in [-0.05, 0) is 197 Å². The van der Waals surface area contributed by atoms with Crippen LogP contribution in [-0.2, 0) is 70.1 Å². The molecule has 3 unspecified atom stereocenters. The van der Waals surface area contributed by atoms with E-state index in [0.717, 1.165) is 81.2 Å². The Hall–Kier alpha value is -10.6. The zero-order chi connectivity index (χ0) is 113. The predicted molar refractivity (Wildman–Crippen MR) is 574 cm³/mol. The number of carbonyl (C=O) groups excluding carboxylic acids is 10. The van der Waals surface area contributed by atoms with Gasteiger partial charge in [0, 0.05) is 66.8 Å². The SMILES string of the molecule is CC(C)NC(C(N)=O)c1ccc(C(F)(F)F)cc1.CC(C)NC(C(N)=O)c1ccc(F)c(F)c1.CC(C)NC(C(N)=O)c1ccc(F)cc1.CC(C)N[C@@H](C(N)=O)C1CCCCC1.CC(C)N[C@@H](C(N)=O)c1ccccc1.CC(C)N[C@H](CC1CCCCC1)C(N)=O.CC(C)N[C@H](CCC(=O)O)C(N)=O.CC(C)N[C@H](CCc1ccccc1)C(N)=O.CC(C)N[C@H](COC(C)(C)C)C(N)=O.CCCC[C@H](NC(C)C)C(N)=O. The van der Waals surface area contributed by atoms with Crippen molar-refractivity contribution in [3.63, 3.8) is 0 Å². The third kappa shape index (κ3) is 70.9. The van der Waals surface area contributed by atoms with Gasteiger partial charge in [-0.3, -0.25) is 74.0 Å². The van der Waals surface area contributed by atoms with Crippen LogP contribution in [0.15, 0.2) is 127 Å². The van der Waals surface area contributed by atoms with Crippen molar-refractivity contribution in [1.29, 1.82) is 0 Å². The number of carboxylic acid groups (broad SMARTS) is 1. The van der Waals surface area contributed by atoms with Gasteiger partial charge < -0.3 is 99.1 Å². The highest BCUT2D eigenvalue weighted by Crippen LogP contribution is 2.32. The molecule has 33 nitrogen and oxygen atoms in total. The van der Waals surface area contributed by atoms with Gasteiger partial charge in [0.05, 0.1) is 48.0 Å². The number of carbonyl (C=O) groups is 11. The van der Waals surface area contributed by atoms with E-state index in [1.807, 2.05) is 180 Å². The van der Waals surface area contributed by atoms with Gasteiger partial charge in [0.15, 0.2) is 11.6 Å². The first-order valence-electron chi connectivity index (χ1n) is 51.1. The van der Waals surface area contributed by atoms with Gasteiger partial charge >= 0.3 is 12.1 Å². The first-order valence-corrected chi connectivity index (χ1v) is 51.1. The van der Waals surface area contributed by atoms with Crippen LogP contribution in [0, 0.1) is 29.3 Å². The Balaban J connectivity index is -0.00000157. The number of hydrogen-bond donors (Lipinski definition) is 21. The smallest absolute Gasteiger partial charge is 0.416 e. The summed E-state index contributed by atoms with van der Waals surface area (Å²) in [6.07, 6.45) is 14.0. The number of nitrogens with two attached hydrogens (primary N) is 10. The highest BCUT2D eigenvalue weighted by Gasteiger charge is 2.33. The fourth-order valence-electron chi connectivity index (χ4n) is 15.0. The Labute approximate surface area is 871 Å². The molecule has 2 aliphatic rings. The summed E-state index contributed by atoms with van der Waals surface area (Å²) in [5.41, 5.74) is 55.2. The number of halogens is 6. The Kier molecular flexibility index (Phi) is 73.5. The Morgan fingerprint density at radius 2 is 0.673 bits per heavy atom. The maximum absolute atomic E-state index is 13.0. The summed E-state index contributed by atoms with van der Waals surface area (Å²) >= 11 is 0. The summed E-state index contributed by atoms with van der Waals surface area (Å²) in [4.78, 5) is 122. The minimum atomic E-state index is -4.38. The van der Waals surface area contributed by atoms with Crippen molar-refractivity contribution < 1.29 is 88.9 Å². The molecule has 39 heteroatoms. The molecule has 2 fully saturated rings. The largest absolute Gasteiger partial charge is 0.481 e. The third-order valence-electron chi connectivity index (χ3n) is 21.7. The van der Waals surface area contributed by atoms with Gasteiger partial charge in [0.2, 0.25) is 59.1 Å². The van der Waals surface area contributed by atoms with Crippen LogP contribution in [0.5, 0.6) is 0 Å². The van der Waals surface area contributed by atoms with Crippen LogP contribution in [0.2, 0.25) is 0 Å². The maximum Gasteiger partial charge on any atom is 0.416 e. The molecule has 2 aliphatic carbocycles. The lowest BCUT2D eigenvalue weighted by atomic mass is 9.83. The molecule has 31 N–H and O–H groups in total. The van der Waals surface area contributed by atoms with E-state index in [2.05, 4.69) is 99.9 Å². The number of aryl methyl sites for hydroxylation is 1. The number of primary amides is 10. The zero-order valence-electron chi connectivity index (χ0n) is 91.6. The van der Waals surface area contributed by atoms with Gasteiger partial charge in [-0.15, -0.1) is 0 Å². The molecule has 10 atom stereocenters. The number of carboxylic acids is 1. The Morgan fingerprint density at radius 3 is 1.00 bits per heavy atom. The molecule has 0 aromatic heterocycles. The number of aliphatic carboxylic acids is 1. The Bertz CT molecular complexity index is 4490. The second-order valence-corrected chi connectivity index (χ2v) is 40.6. The fraction of sp³-hybridized carbons (Fsp3) is 0.620. The number of amides is 10. The van der Waals surface area contributed by atoms with Gasteiger partial charge in [-0.25, -0.2) is 13.2 Å². The molecular formula is C108H184F6N20O13. The standard InChI is InChI=1S/C13H20N2O.C12H15F3N2O.C12H24N2O.C11H14F2N2O.C11H15FN2O.C11H22N2O.C11H16N2O.C10H22N2O2.C9H20N2O.C8H16N2O3/c1-10(2)15-12(13(14)16)9-8-11-6-4-3-5-7-11;1-7(2)17-10(11(16)18)8-3-5-9(6-4-8)12(13,14)15;1-9(2)14-11(12(13)15)8-10-6-4-3-5-7-10;1-6(2)15-10(11(14)16)7-3-4-8(12)9(13)5-7;1-7(2)14-10(11(13)15)8-3-5-9(12)6-4-8;2*1-8(2)13-10(11(12)14)9-6-4-3-5-7-9;1-7(2)12-8(9(11)13)6-14-10(3,4)5;1-4-5-6-8(9(10)12)11-7(2)3;1-5(2)10-6(8(9)13)3-4-7(11)12/h3-7,10,12,15H,8-9H2,1-2H3,(H2,14,16);3-7,10,17H,1-2H3,(H2,16,18);9-11,14H,3-8H2,1-2H3,(H2,13,15);3-6,10,15H,1-2H3,(H2,14,16);3-7,10,14H,1-2H3,(H2,13,15);8-10,13H,3-7H2,1-2H3,(H2,12,14);3-8,10,13H,1-2H3,(H2,12,14);7-8,12H,6H2,1-5H3,(H2,11,13);7-8,11H,4-6H2,1-3H3,(H2,10,12);5-6,10H,3-4H2,1-2H3,(H2,9,13)(H,11,12)/t12-;;11-;;;2*10-;2*8-;6-/m1.1..11101/s1. The lowest BCUT2D eigenvalue weighted by Gasteiger charge is -2.30. The lowest BCUT2D eigenvalue weighted by molar-refractivity contribution is -0.138. The average molecular weight is 2080 g/mol. The van der Waals surface area contributed by atoms with Crippen LogP contribution in [0.25, 0.3) is 0 Å². The normalized spacial score (nSPS) is 14.7. The minimum absolute atomic E-state index is 0.00520. The van der Waals surface area contributed by atoms with Crippen molar-refractivity contribution >= 4 is 65.0 Å². The second-order valence-electron chi connectivity index (χ2n) is 40.6. The quantitative estimate of drug-likeness (QED) is 0.0161. The molecule has 5 aromatic rings. The summed E-state index contributed by atoms with van der Waals surface area (Å²) in [5.74, 6) is -5.86. The summed E-state index contributed by atoms with van der Waals surface area (Å²) in [6.45, 7) is 47.3. The fourth-order valence-corrected chi connectivity index (χ4v) is 15.0. The molecule has 836 valence electrons. The third-order valence-corrected chi connectivity index (χ3v) is 21.7. The van der Waals surface area contributed by atoms with Crippen molar-refractivity contribution in [3.05, 3.63) is 178 Å². The van der Waals surface area contributed by atoms with Crippen LogP contribution >= 0.6 is 0 Å². The molecule has 0 spiro atoms. The molecule has 0 heterocycles. The first-order chi connectivity index (χ1) is 68.3. The maximum atomic E-state index is 13.0. The number of benzene rings is 5. The lowest BCUT2D eigenvalue weighted by Crippen LogP contribution is -2.49. The number of unbranched alkanes of at least 4 members (excludes halogenated alkanes) is 1. The summed E-state index contributed by atoms with van der Waals surface area (Å²) < 4.78 is 81.0. The summed E-state index contributed by atoms with van der Waals surface area (Å²) in [5, 5.41) is 39.1. The van der Waals surface area contributed by atoms with E-state index in [0.29, 0.717) is 53.3 Å². The first kappa shape index (κ1) is 141. The van der Waals surface area contributed by atoms with Crippen molar-refractivity contribution in [1.82, 2.24) is 53.2 Å². The van der Waals surface area contributed by atoms with Crippen molar-refractivity contribution in [3.8, 4) is 0 Å². The highest BCUT2D eigenvalue weighted by atomic mass is 19.4. The van der Waals surface area contributed by atoms with Crippen molar-refractivity contribution in [2.45, 2.75) is 414 Å². The topological polar surface area (TPSA) is 598 Å². The number of alkyl halides is 3. The van der Waals surface area contributed by atoms with Crippen molar-refractivity contribution in [2.24, 2.45) is 69.2 Å². The molecule has 7 rings (SSSR count).